The van der Waals surface area contributed by atoms with Gasteiger partial charge >= 0.3 is 6.18 Å². The van der Waals surface area contributed by atoms with E-state index in [-0.39, 0.29) is 6.54 Å². The van der Waals surface area contributed by atoms with Crippen molar-refractivity contribution < 1.29 is 13.2 Å². The number of pyridine rings is 1. The molecular formula is C10H11F3N2. The molecule has 15 heavy (non-hydrogen) atoms. The molecule has 1 fully saturated rings. The highest BCUT2D eigenvalue weighted by Crippen LogP contribution is 2.39. The fourth-order valence-electron chi connectivity index (χ4n) is 1.98. The summed E-state index contributed by atoms with van der Waals surface area (Å²) in [7, 11) is 0. The van der Waals surface area contributed by atoms with Gasteiger partial charge in [0.25, 0.3) is 0 Å². The van der Waals surface area contributed by atoms with Crippen LogP contribution in [0.2, 0.25) is 0 Å². The predicted octanol–water partition coefficient (Wildman–Crippen LogP) is 1.95. The summed E-state index contributed by atoms with van der Waals surface area (Å²) in [6.07, 6.45) is -1.07. The largest absolute Gasteiger partial charge is 0.393 e. The van der Waals surface area contributed by atoms with Gasteiger partial charge in [0.1, 0.15) is 0 Å². The molecule has 0 aliphatic carbocycles. The van der Waals surface area contributed by atoms with Gasteiger partial charge in [-0.2, -0.15) is 13.2 Å². The molecule has 0 saturated carbocycles. The number of halogens is 3. The molecule has 0 aromatic carbocycles. The molecule has 2 heterocycles. The maximum absolute atomic E-state index is 12.6. The molecule has 1 aromatic heterocycles. The van der Waals surface area contributed by atoms with Gasteiger partial charge in [-0.3, -0.25) is 4.98 Å². The van der Waals surface area contributed by atoms with Crippen LogP contribution >= 0.6 is 0 Å². The molecule has 2 rings (SSSR count). The number of hydrogen-bond donors (Lipinski definition) is 1. The van der Waals surface area contributed by atoms with E-state index in [9.17, 15) is 13.2 Å². The Kier molecular flexibility index (Phi) is 2.65. The number of nitrogens with one attached hydrogen (secondary N) is 1. The van der Waals surface area contributed by atoms with E-state index in [1.165, 1.54) is 12.4 Å². The van der Waals surface area contributed by atoms with Gasteiger partial charge in [-0.15, -0.1) is 0 Å². The first-order valence-corrected chi connectivity index (χ1v) is 4.76. The molecule has 2 atom stereocenters. The van der Waals surface area contributed by atoms with Crippen LogP contribution in [-0.4, -0.2) is 24.2 Å². The molecule has 2 nitrogen and oxygen atoms in total. The molecule has 0 bridgehead atoms. The van der Waals surface area contributed by atoms with E-state index in [0.29, 0.717) is 12.1 Å². The Morgan fingerprint density at radius 1 is 1.20 bits per heavy atom. The van der Waals surface area contributed by atoms with Crippen LogP contribution in [0.25, 0.3) is 0 Å². The van der Waals surface area contributed by atoms with Crippen LogP contribution in [0.3, 0.4) is 0 Å². The molecule has 0 radical (unpaired) electrons. The molecule has 5 heteroatoms. The highest BCUT2D eigenvalue weighted by molar-refractivity contribution is 5.20. The van der Waals surface area contributed by atoms with Crippen LogP contribution in [0.4, 0.5) is 13.2 Å². The van der Waals surface area contributed by atoms with Crippen molar-refractivity contribution in [1.82, 2.24) is 10.3 Å². The van der Waals surface area contributed by atoms with Crippen LogP contribution in [0.15, 0.2) is 24.5 Å². The maximum atomic E-state index is 12.6. The molecule has 1 N–H and O–H groups in total. The highest BCUT2D eigenvalue weighted by atomic mass is 19.4. The number of nitrogens with zero attached hydrogens (tertiary/aromatic N) is 1. The lowest BCUT2D eigenvalue weighted by Gasteiger charge is -2.21. The molecule has 1 aromatic rings. The Balaban J connectivity index is 2.23. The standard InChI is InChI=1S/C10H11F3N2/c11-10(12,13)9-6-15-5-8(9)7-1-3-14-4-2-7/h1-4,8-9,15H,5-6H2. The smallest absolute Gasteiger partial charge is 0.315 e. The summed E-state index contributed by atoms with van der Waals surface area (Å²) in [5.41, 5.74) is 0.706. The van der Waals surface area contributed by atoms with Crippen molar-refractivity contribution in [2.75, 3.05) is 13.1 Å². The Bertz CT molecular complexity index is 323. The van der Waals surface area contributed by atoms with Gasteiger partial charge in [-0.25, -0.2) is 0 Å². The van der Waals surface area contributed by atoms with Crippen LogP contribution in [0, 0.1) is 5.92 Å². The van der Waals surface area contributed by atoms with Gasteiger partial charge in [0, 0.05) is 31.4 Å². The van der Waals surface area contributed by atoms with E-state index in [2.05, 4.69) is 10.3 Å². The number of alkyl halides is 3. The first-order valence-electron chi connectivity index (χ1n) is 4.76. The Morgan fingerprint density at radius 2 is 1.87 bits per heavy atom. The van der Waals surface area contributed by atoms with Crippen LogP contribution in [0.5, 0.6) is 0 Å². The summed E-state index contributed by atoms with van der Waals surface area (Å²) in [5.74, 6) is -1.76. The second-order valence-corrected chi connectivity index (χ2v) is 3.69. The first kappa shape index (κ1) is 10.4. The molecule has 0 spiro atoms. The van der Waals surface area contributed by atoms with Gasteiger partial charge in [0.05, 0.1) is 5.92 Å². The monoisotopic (exact) mass is 216 g/mol. The van der Waals surface area contributed by atoms with Crippen molar-refractivity contribution in [2.45, 2.75) is 12.1 Å². The zero-order valence-electron chi connectivity index (χ0n) is 7.96. The molecule has 0 amide bonds. The maximum Gasteiger partial charge on any atom is 0.393 e. The van der Waals surface area contributed by atoms with E-state index < -0.39 is 18.0 Å². The molecule has 1 aliphatic heterocycles. The summed E-state index contributed by atoms with van der Waals surface area (Å²) in [6, 6.07) is 3.30. The second kappa shape index (κ2) is 3.81. The van der Waals surface area contributed by atoms with Crippen molar-refractivity contribution in [1.29, 1.82) is 0 Å². The zero-order chi connectivity index (χ0) is 10.9. The fourth-order valence-corrected chi connectivity index (χ4v) is 1.98. The van der Waals surface area contributed by atoms with E-state index in [1.807, 2.05) is 0 Å². The van der Waals surface area contributed by atoms with E-state index in [4.69, 9.17) is 0 Å². The predicted molar refractivity (Wildman–Crippen MR) is 49.4 cm³/mol. The van der Waals surface area contributed by atoms with Gasteiger partial charge in [0.2, 0.25) is 0 Å². The summed E-state index contributed by atoms with van der Waals surface area (Å²) in [5, 5.41) is 2.79. The Hall–Kier alpha value is -1.10. The van der Waals surface area contributed by atoms with Crippen molar-refractivity contribution >= 4 is 0 Å². The fraction of sp³-hybridized carbons (Fsp3) is 0.500. The molecule has 2 unspecified atom stereocenters. The second-order valence-electron chi connectivity index (χ2n) is 3.69. The summed E-state index contributed by atoms with van der Waals surface area (Å²) in [6.45, 7) is 0.394. The zero-order valence-corrected chi connectivity index (χ0v) is 7.96. The van der Waals surface area contributed by atoms with Crippen LogP contribution < -0.4 is 5.32 Å². The minimum atomic E-state index is -4.13. The quantitative estimate of drug-likeness (QED) is 0.776. The Morgan fingerprint density at radius 3 is 2.47 bits per heavy atom. The molecule has 1 saturated heterocycles. The Labute approximate surface area is 85.5 Å². The van der Waals surface area contributed by atoms with Gasteiger partial charge in [0.15, 0.2) is 0 Å². The lowest BCUT2D eigenvalue weighted by molar-refractivity contribution is -0.172. The van der Waals surface area contributed by atoms with Crippen molar-refractivity contribution in [3.8, 4) is 0 Å². The molecular weight excluding hydrogens is 205 g/mol. The van der Waals surface area contributed by atoms with Crippen LogP contribution in [-0.2, 0) is 0 Å². The van der Waals surface area contributed by atoms with Gasteiger partial charge < -0.3 is 5.32 Å². The molecule has 1 aliphatic rings. The summed E-state index contributed by atoms with van der Waals surface area (Å²) in [4.78, 5) is 3.80. The minimum absolute atomic E-state index is 0.0104. The average molecular weight is 216 g/mol. The van der Waals surface area contributed by atoms with Crippen molar-refractivity contribution in [3.05, 3.63) is 30.1 Å². The van der Waals surface area contributed by atoms with Gasteiger partial charge in [-0.05, 0) is 17.7 Å². The highest BCUT2D eigenvalue weighted by Gasteiger charge is 2.47. The summed E-state index contributed by atoms with van der Waals surface area (Å²) >= 11 is 0. The third-order valence-electron chi connectivity index (χ3n) is 2.77. The minimum Gasteiger partial charge on any atom is -0.315 e. The normalized spacial score (nSPS) is 26.9. The van der Waals surface area contributed by atoms with Crippen molar-refractivity contribution in [2.24, 2.45) is 5.92 Å². The lowest BCUT2D eigenvalue weighted by Crippen LogP contribution is -2.28. The summed E-state index contributed by atoms with van der Waals surface area (Å²) < 4.78 is 37.9. The first-order chi connectivity index (χ1) is 7.09. The number of aromatic nitrogens is 1. The van der Waals surface area contributed by atoms with E-state index >= 15 is 0 Å². The third kappa shape index (κ3) is 2.12. The van der Waals surface area contributed by atoms with E-state index in [0.717, 1.165) is 0 Å². The number of hydrogen-bond acceptors (Lipinski definition) is 2. The molecule has 82 valence electrons. The third-order valence-corrected chi connectivity index (χ3v) is 2.77. The van der Waals surface area contributed by atoms with Crippen LogP contribution in [0.1, 0.15) is 11.5 Å². The number of rotatable bonds is 1. The van der Waals surface area contributed by atoms with E-state index in [1.54, 1.807) is 12.1 Å². The van der Waals surface area contributed by atoms with Gasteiger partial charge in [-0.1, -0.05) is 0 Å². The lowest BCUT2D eigenvalue weighted by atomic mass is 9.89. The topological polar surface area (TPSA) is 24.9 Å². The van der Waals surface area contributed by atoms with Crippen molar-refractivity contribution in [3.63, 3.8) is 0 Å². The SMILES string of the molecule is FC(F)(F)C1CNCC1c1ccncc1. The average Bonchev–Trinajstić information content (AvgIpc) is 2.67.